The number of rotatable bonds is 3. The van der Waals surface area contributed by atoms with Gasteiger partial charge in [-0.3, -0.25) is 0 Å². The van der Waals surface area contributed by atoms with Crippen molar-refractivity contribution in [1.29, 1.82) is 0 Å². The van der Waals surface area contributed by atoms with E-state index < -0.39 is 0 Å². The van der Waals surface area contributed by atoms with Crippen LogP contribution in [0.3, 0.4) is 0 Å². The molecular weight excluding hydrogens is 206 g/mol. The normalized spacial score (nSPS) is 29.8. The van der Waals surface area contributed by atoms with Crippen molar-refractivity contribution in [2.45, 2.75) is 51.5 Å². The van der Waals surface area contributed by atoms with Crippen molar-refractivity contribution in [3.8, 4) is 0 Å². The molecule has 1 heteroatoms. The molecule has 0 aromatic heterocycles. The fraction of sp³-hybridized carbons (Fsp3) is 0.625. The van der Waals surface area contributed by atoms with Gasteiger partial charge in [0, 0.05) is 18.5 Å². The van der Waals surface area contributed by atoms with Crippen LogP contribution in [0.2, 0.25) is 0 Å². The smallest absolute Gasteiger partial charge is 0.00725 e. The summed E-state index contributed by atoms with van der Waals surface area (Å²) < 4.78 is 0. The molecule has 1 N–H and O–H groups in total. The summed E-state index contributed by atoms with van der Waals surface area (Å²) in [5.74, 6) is 0.773. The van der Waals surface area contributed by atoms with Gasteiger partial charge >= 0.3 is 0 Å². The monoisotopic (exact) mass is 229 g/mol. The molecule has 1 saturated carbocycles. The first-order valence-electron chi connectivity index (χ1n) is 6.95. The van der Waals surface area contributed by atoms with Gasteiger partial charge in [0.15, 0.2) is 0 Å². The number of hydrogen-bond donors (Lipinski definition) is 1. The summed E-state index contributed by atoms with van der Waals surface area (Å²) in [5.41, 5.74) is 3.71. The molecule has 0 bridgehead atoms. The zero-order chi connectivity index (χ0) is 11.9. The Morgan fingerprint density at radius 3 is 2.82 bits per heavy atom. The van der Waals surface area contributed by atoms with Crippen molar-refractivity contribution in [2.75, 3.05) is 6.54 Å². The Kier molecular flexibility index (Phi) is 2.74. The van der Waals surface area contributed by atoms with Crippen molar-refractivity contribution in [2.24, 2.45) is 5.41 Å². The molecule has 0 saturated heterocycles. The van der Waals surface area contributed by atoms with Gasteiger partial charge in [-0.2, -0.15) is 0 Å². The molecule has 1 nitrogen and oxygen atoms in total. The minimum absolute atomic E-state index is 0.565. The molecule has 0 amide bonds. The summed E-state index contributed by atoms with van der Waals surface area (Å²) in [6.45, 7) is 5.97. The molecule has 1 aromatic rings. The average molecular weight is 229 g/mol. The van der Waals surface area contributed by atoms with Gasteiger partial charge in [0.05, 0.1) is 0 Å². The molecule has 1 fully saturated rings. The molecular formula is C16H23N. The van der Waals surface area contributed by atoms with E-state index in [2.05, 4.69) is 43.4 Å². The minimum Gasteiger partial charge on any atom is -0.313 e. The third-order valence-corrected chi connectivity index (χ3v) is 4.58. The van der Waals surface area contributed by atoms with Crippen molar-refractivity contribution < 1.29 is 0 Å². The van der Waals surface area contributed by atoms with Gasteiger partial charge in [0.2, 0.25) is 0 Å². The van der Waals surface area contributed by atoms with Gasteiger partial charge in [0.1, 0.15) is 0 Å². The van der Waals surface area contributed by atoms with E-state index in [1.807, 2.05) is 0 Å². The summed E-state index contributed by atoms with van der Waals surface area (Å²) in [7, 11) is 0. The molecule has 0 radical (unpaired) electrons. The van der Waals surface area contributed by atoms with Crippen LogP contribution in [0.4, 0.5) is 0 Å². The molecule has 2 aliphatic carbocycles. The van der Waals surface area contributed by atoms with E-state index >= 15 is 0 Å². The number of benzene rings is 1. The van der Waals surface area contributed by atoms with E-state index in [1.54, 1.807) is 11.1 Å². The molecule has 2 unspecified atom stereocenters. The zero-order valence-corrected chi connectivity index (χ0v) is 11.0. The molecule has 2 atom stereocenters. The van der Waals surface area contributed by atoms with Crippen LogP contribution < -0.4 is 5.32 Å². The van der Waals surface area contributed by atoms with Gasteiger partial charge in [-0.1, -0.05) is 38.1 Å². The predicted molar refractivity (Wildman–Crippen MR) is 72.3 cm³/mol. The molecule has 1 aromatic carbocycles. The Hall–Kier alpha value is -0.820. The highest BCUT2D eigenvalue weighted by Crippen LogP contribution is 2.38. The Labute approximate surface area is 105 Å². The van der Waals surface area contributed by atoms with Gasteiger partial charge < -0.3 is 5.32 Å². The molecule has 17 heavy (non-hydrogen) atoms. The fourth-order valence-corrected chi connectivity index (χ4v) is 3.46. The van der Waals surface area contributed by atoms with Crippen LogP contribution in [0.1, 0.15) is 50.2 Å². The Bertz CT molecular complexity index is 408. The highest BCUT2D eigenvalue weighted by atomic mass is 14.9. The van der Waals surface area contributed by atoms with E-state index in [9.17, 15) is 0 Å². The summed E-state index contributed by atoms with van der Waals surface area (Å²) in [6.07, 6.45) is 5.37. The van der Waals surface area contributed by atoms with Crippen LogP contribution in [0.25, 0.3) is 0 Å². The highest BCUT2D eigenvalue weighted by Gasteiger charge is 2.32. The van der Waals surface area contributed by atoms with Crippen LogP contribution in [0.15, 0.2) is 24.3 Å². The first kappa shape index (κ1) is 11.3. The second-order valence-electron chi connectivity index (χ2n) is 6.61. The molecule has 2 aliphatic rings. The predicted octanol–water partition coefficient (Wildman–Crippen LogP) is 3.49. The Morgan fingerprint density at radius 2 is 2.12 bits per heavy atom. The second-order valence-corrected chi connectivity index (χ2v) is 6.61. The largest absolute Gasteiger partial charge is 0.313 e. The van der Waals surface area contributed by atoms with Crippen LogP contribution in [0.5, 0.6) is 0 Å². The molecule has 0 spiro atoms. The van der Waals surface area contributed by atoms with E-state index in [0.717, 1.165) is 12.0 Å². The number of fused-ring (bicyclic) bond motifs is 1. The number of hydrogen-bond acceptors (Lipinski definition) is 1. The minimum atomic E-state index is 0.565. The van der Waals surface area contributed by atoms with Gasteiger partial charge in [-0.25, -0.2) is 0 Å². The quantitative estimate of drug-likeness (QED) is 0.836. The topological polar surface area (TPSA) is 12.0 Å². The fourth-order valence-electron chi connectivity index (χ4n) is 3.46. The lowest BCUT2D eigenvalue weighted by molar-refractivity contribution is 0.360. The van der Waals surface area contributed by atoms with Crippen LogP contribution in [0, 0.1) is 5.41 Å². The van der Waals surface area contributed by atoms with Crippen LogP contribution in [-0.4, -0.2) is 12.6 Å². The van der Waals surface area contributed by atoms with E-state index in [1.165, 1.54) is 32.2 Å². The lowest BCUT2D eigenvalue weighted by atomic mass is 9.77. The maximum Gasteiger partial charge on any atom is 0.00725 e. The zero-order valence-electron chi connectivity index (χ0n) is 11.0. The summed E-state index contributed by atoms with van der Waals surface area (Å²) in [4.78, 5) is 0. The van der Waals surface area contributed by atoms with Gasteiger partial charge in [0.25, 0.3) is 0 Å². The number of nitrogens with one attached hydrogen (secondary N) is 1. The third kappa shape index (κ3) is 2.26. The maximum atomic E-state index is 3.78. The maximum absolute atomic E-state index is 3.78. The van der Waals surface area contributed by atoms with Crippen LogP contribution in [-0.2, 0) is 6.42 Å². The van der Waals surface area contributed by atoms with Crippen molar-refractivity contribution in [3.63, 3.8) is 0 Å². The summed E-state index contributed by atoms with van der Waals surface area (Å²) >= 11 is 0. The van der Waals surface area contributed by atoms with Crippen molar-refractivity contribution >= 4 is 0 Å². The van der Waals surface area contributed by atoms with Crippen molar-refractivity contribution in [3.05, 3.63) is 35.4 Å². The summed E-state index contributed by atoms with van der Waals surface area (Å²) in [6, 6.07) is 9.65. The second kappa shape index (κ2) is 4.13. The first-order chi connectivity index (χ1) is 8.14. The van der Waals surface area contributed by atoms with E-state index in [4.69, 9.17) is 0 Å². The van der Waals surface area contributed by atoms with Gasteiger partial charge in [-0.15, -0.1) is 0 Å². The van der Waals surface area contributed by atoms with E-state index in [0.29, 0.717) is 5.41 Å². The Morgan fingerprint density at radius 1 is 1.29 bits per heavy atom. The SMILES string of the molecule is CC1(C)CCC(NCC2Cc3ccccc32)C1. The highest BCUT2D eigenvalue weighted by molar-refractivity contribution is 5.40. The van der Waals surface area contributed by atoms with Gasteiger partial charge in [-0.05, 0) is 42.2 Å². The molecule has 3 rings (SSSR count). The Balaban J connectivity index is 1.51. The van der Waals surface area contributed by atoms with E-state index in [-0.39, 0.29) is 0 Å². The third-order valence-electron chi connectivity index (χ3n) is 4.58. The lowest BCUT2D eigenvalue weighted by Gasteiger charge is -2.31. The average Bonchev–Trinajstić information content (AvgIpc) is 2.60. The molecule has 0 aliphatic heterocycles. The lowest BCUT2D eigenvalue weighted by Crippen LogP contribution is -2.35. The standard InChI is InChI=1S/C16H23N/c1-16(2)8-7-14(10-16)17-11-13-9-12-5-3-4-6-15(12)13/h3-6,13-14,17H,7-11H2,1-2H3. The van der Waals surface area contributed by atoms with Crippen molar-refractivity contribution in [1.82, 2.24) is 5.32 Å². The van der Waals surface area contributed by atoms with Crippen LogP contribution >= 0.6 is 0 Å². The molecule has 0 heterocycles. The molecule has 92 valence electrons. The first-order valence-corrected chi connectivity index (χ1v) is 6.95. The summed E-state index contributed by atoms with van der Waals surface area (Å²) in [5, 5.41) is 3.78.